The van der Waals surface area contributed by atoms with Crippen molar-refractivity contribution in [1.82, 2.24) is 15.5 Å². The molecule has 5 nitrogen and oxygen atoms in total. The van der Waals surface area contributed by atoms with Crippen molar-refractivity contribution in [3.8, 4) is 0 Å². The van der Waals surface area contributed by atoms with Crippen LogP contribution in [0.2, 0.25) is 0 Å². The molecule has 4 aliphatic carbocycles. The van der Waals surface area contributed by atoms with Crippen LogP contribution in [0.25, 0.3) is 0 Å². The average molecular weight is 353 g/mol. The minimum absolute atomic E-state index is 0.131. The number of anilines is 1. The highest BCUT2D eigenvalue weighted by atomic mass is 32.2. The van der Waals surface area contributed by atoms with E-state index in [2.05, 4.69) is 20.8 Å². The third-order valence-corrected chi connectivity index (χ3v) is 7.85. The monoisotopic (exact) mass is 352 g/mol. The summed E-state index contributed by atoms with van der Waals surface area (Å²) in [7, 11) is 1.83. The third-order valence-electron chi connectivity index (χ3n) is 5.77. The maximum atomic E-state index is 12.2. The topological polar surface area (TPSA) is 66.9 Å². The third kappa shape index (κ3) is 3.36. The second kappa shape index (κ2) is 6.24. The number of nitrogens with one attached hydrogen (secondary N) is 2. The predicted octanol–water partition coefficient (Wildman–Crippen LogP) is 3.00. The van der Waals surface area contributed by atoms with E-state index < -0.39 is 0 Å². The molecule has 1 heterocycles. The number of rotatable bonds is 6. The van der Waals surface area contributed by atoms with Crippen LogP contribution < -0.4 is 10.6 Å². The minimum Gasteiger partial charge on any atom is -0.363 e. The van der Waals surface area contributed by atoms with Gasteiger partial charge in [-0.3, -0.25) is 4.79 Å². The fourth-order valence-electron chi connectivity index (χ4n) is 5.34. The molecule has 0 aliphatic heterocycles. The highest BCUT2D eigenvalue weighted by Crippen LogP contribution is 2.59. The van der Waals surface area contributed by atoms with E-state index in [1.165, 1.54) is 61.6 Å². The van der Waals surface area contributed by atoms with Crippen LogP contribution in [0, 0.1) is 23.2 Å². The van der Waals surface area contributed by atoms with Gasteiger partial charge in [0.25, 0.3) is 0 Å². The molecule has 23 heavy (non-hydrogen) atoms. The Balaban J connectivity index is 1.26. The molecule has 7 heteroatoms. The van der Waals surface area contributed by atoms with E-state index in [1.54, 1.807) is 0 Å². The van der Waals surface area contributed by atoms with Crippen LogP contribution in [-0.2, 0) is 4.79 Å². The first kappa shape index (κ1) is 15.7. The summed E-state index contributed by atoms with van der Waals surface area (Å²) in [6, 6.07) is 0. The van der Waals surface area contributed by atoms with Crippen LogP contribution in [0.4, 0.5) is 5.13 Å². The van der Waals surface area contributed by atoms with E-state index in [9.17, 15) is 4.79 Å². The molecule has 0 spiro atoms. The number of amides is 1. The Kier molecular flexibility index (Phi) is 4.26. The molecule has 1 aromatic heterocycles. The first-order valence-corrected chi connectivity index (χ1v) is 10.4. The summed E-state index contributed by atoms with van der Waals surface area (Å²) in [5, 5.41) is 15.0. The number of carbonyl (C=O) groups is 1. The molecule has 0 aromatic carbocycles. The standard InChI is InChI=1S/C16H24N4OS2/c1-17-14-19-20-15(23-14)22-8-13(21)18-9-16-5-10-2-11(6-16)4-12(3-10)7-16/h10-12H,2-9H2,1H3,(H,17,19)(H,18,21). The van der Waals surface area contributed by atoms with Crippen LogP contribution in [-0.4, -0.2) is 35.4 Å². The van der Waals surface area contributed by atoms with E-state index >= 15 is 0 Å². The van der Waals surface area contributed by atoms with Gasteiger partial charge in [0.2, 0.25) is 11.0 Å². The summed E-state index contributed by atoms with van der Waals surface area (Å²) >= 11 is 2.96. The molecule has 0 radical (unpaired) electrons. The van der Waals surface area contributed by atoms with Crippen molar-refractivity contribution in [2.75, 3.05) is 24.7 Å². The summed E-state index contributed by atoms with van der Waals surface area (Å²) in [4.78, 5) is 12.2. The highest BCUT2D eigenvalue weighted by Gasteiger charge is 2.50. The van der Waals surface area contributed by atoms with Gasteiger partial charge < -0.3 is 10.6 Å². The molecule has 4 fully saturated rings. The van der Waals surface area contributed by atoms with Crippen molar-refractivity contribution in [1.29, 1.82) is 0 Å². The van der Waals surface area contributed by atoms with E-state index in [0.29, 0.717) is 11.2 Å². The van der Waals surface area contributed by atoms with E-state index in [4.69, 9.17) is 0 Å². The van der Waals surface area contributed by atoms with Gasteiger partial charge in [-0.1, -0.05) is 23.1 Å². The Labute approximate surface area is 145 Å². The Hall–Kier alpha value is -0.820. The Morgan fingerprint density at radius 1 is 1.22 bits per heavy atom. The maximum absolute atomic E-state index is 12.2. The van der Waals surface area contributed by atoms with Gasteiger partial charge >= 0.3 is 0 Å². The lowest BCUT2D eigenvalue weighted by atomic mass is 9.49. The molecule has 5 rings (SSSR count). The quantitative estimate of drug-likeness (QED) is 0.771. The van der Waals surface area contributed by atoms with Gasteiger partial charge in [0.1, 0.15) is 0 Å². The lowest BCUT2D eigenvalue weighted by molar-refractivity contribution is -0.120. The zero-order valence-corrected chi connectivity index (χ0v) is 15.1. The molecular formula is C16H24N4OS2. The van der Waals surface area contributed by atoms with Gasteiger partial charge in [-0.2, -0.15) is 0 Å². The fraction of sp³-hybridized carbons (Fsp3) is 0.812. The maximum Gasteiger partial charge on any atom is 0.230 e. The minimum atomic E-state index is 0.131. The van der Waals surface area contributed by atoms with Gasteiger partial charge in [-0.05, 0) is 61.7 Å². The number of thioether (sulfide) groups is 1. The highest BCUT2D eigenvalue weighted by molar-refractivity contribution is 8.01. The van der Waals surface area contributed by atoms with Crippen LogP contribution in [0.3, 0.4) is 0 Å². The zero-order chi connectivity index (χ0) is 15.9. The molecule has 4 saturated carbocycles. The molecule has 1 aromatic rings. The Morgan fingerprint density at radius 2 is 1.87 bits per heavy atom. The summed E-state index contributed by atoms with van der Waals surface area (Å²) in [5.41, 5.74) is 0.414. The molecule has 1 amide bonds. The Bertz CT molecular complexity index is 553. The van der Waals surface area contributed by atoms with Crippen molar-refractivity contribution in [3.05, 3.63) is 0 Å². The fourth-order valence-corrected chi connectivity index (χ4v) is 6.88. The van der Waals surface area contributed by atoms with Crippen molar-refractivity contribution in [2.45, 2.75) is 42.9 Å². The largest absolute Gasteiger partial charge is 0.363 e. The summed E-state index contributed by atoms with van der Waals surface area (Å²) in [6.45, 7) is 0.883. The van der Waals surface area contributed by atoms with Crippen molar-refractivity contribution < 1.29 is 4.79 Å². The number of nitrogens with zero attached hydrogens (tertiary/aromatic N) is 2. The number of hydrogen-bond acceptors (Lipinski definition) is 6. The first-order valence-electron chi connectivity index (χ1n) is 8.55. The zero-order valence-electron chi connectivity index (χ0n) is 13.5. The van der Waals surface area contributed by atoms with E-state index in [-0.39, 0.29) is 5.91 Å². The predicted molar refractivity (Wildman–Crippen MR) is 93.8 cm³/mol. The molecule has 0 saturated heterocycles. The van der Waals surface area contributed by atoms with Crippen LogP contribution in [0.15, 0.2) is 4.34 Å². The second-order valence-corrected chi connectivity index (χ2v) is 9.81. The molecule has 4 aliphatic rings. The number of hydrogen-bond donors (Lipinski definition) is 2. The molecule has 4 bridgehead atoms. The van der Waals surface area contributed by atoms with Crippen molar-refractivity contribution in [3.63, 3.8) is 0 Å². The lowest BCUT2D eigenvalue weighted by Crippen LogP contribution is -2.51. The van der Waals surface area contributed by atoms with E-state index in [0.717, 1.165) is 33.8 Å². The number of aromatic nitrogens is 2. The summed E-state index contributed by atoms with van der Waals surface area (Å²) in [5.74, 6) is 3.38. The SMILES string of the molecule is CNc1nnc(SCC(=O)NCC23CC4CC(CC(C4)C2)C3)s1. The molecule has 2 N–H and O–H groups in total. The first-order chi connectivity index (χ1) is 11.1. The smallest absolute Gasteiger partial charge is 0.230 e. The lowest BCUT2D eigenvalue weighted by Gasteiger charge is -2.56. The van der Waals surface area contributed by atoms with Gasteiger partial charge in [-0.25, -0.2) is 0 Å². The van der Waals surface area contributed by atoms with Gasteiger partial charge in [-0.15, -0.1) is 10.2 Å². The summed E-state index contributed by atoms with van der Waals surface area (Å²) < 4.78 is 0.847. The second-order valence-electron chi connectivity index (χ2n) is 7.61. The molecular weight excluding hydrogens is 328 g/mol. The molecule has 0 unspecified atom stereocenters. The Morgan fingerprint density at radius 3 is 2.43 bits per heavy atom. The van der Waals surface area contributed by atoms with Crippen LogP contribution in [0.5, 0.6) is 0 Å². The summed E-state index contributed by atoms with van der Waals surface area (Å²) in [6.07, 6.45) is 8.38. The van der Waals surface area contributed by atoms with Gasteiger partial charge in [0.05, 0.1) is 5.75 Å². The number of carbonyl (C=O) groups excluding carboxylic acids is 1. The molecule has 126 valence electrons. The van der Waals surface area contributed by atoms with Crippen molar-refractivity contribution in [2.24, 2.45) is 23.2 Å². The van der Waals surface area contributed by atoms with Gasteiger partial charge in [0, 0.05) is 13.6 Å². The molecule has 0 atom stereocenters. The van der Waals surface area contributed by atoms with Crippen molar-refractivity contribution >= 4 is 34.1 Å². The average Bonchev–Trinajstić information content (AvgIpc) is 2.98. The van der Waals surface area contributed by atoms with Gasteiger partial charge in [0.15, 0.2) is 4.34 Å². The van der Waals surface area contributed by atoms with Crippen LogP contribution >= 0.6 is 23.1 Å². The normalized spacial score (nSPS) is 34.6. The van der Waals surface area contributed by atoms with E-state index in [1.807, 2.05) is 7.05 Å². The van der Waals surface area contributed by atoms with Crippen LogP contribution in [0.1, 0.15) is 38.5 Å².